The second-order valence-electron chi connectivity index (χ2n) is 6.07. The number of halogens is 5. The third-order valence-corrected chi connectivity index (χ3v) is 5.32. The monoisotopic (exact) mass is 411 g/mol. The molecule has 0 atom stereocenters. The fourth-order valence-electron chi connectivity index (χ4n) is 2.95. The lowest BCUT2D eigenvalue weighted by Gasteiger charge is -2.10. The molecular weight excluding hydrogens is 397 g/mol. The number of Topliss-reactive ketones (excluding diaryl/α,β-unsaturated/α-hetero) is 1. The maximum Gasteiger partial charge on any atom is 0.200 e. The molecule has 0 unspecified atom stereocenters. The molecule has 0 aliphatic carbocycles. The molecule has 1 heterocycles. The van der Waals surface area contributed by atoms with Crippen molar-refractivity contribution in [3.63, 3.8) is 0 Å². The quantitative estimate of drug-likeness (QED) is 0.175. The average molecular weight is 411 g/mol. The van der Waals surface area contributed by atoms with E-state index in [0.29, 0.717) is 11.3 Å². The summed E-state index contributed by atoms with van der Waals surface area (Å²) in [5.41, 5.74) is 2.54. The maximum atomic E-state index is 13.8. The molecule has 3 rings (SSSR count). The molecule has 1 aromatic heterocycles. The predicted molar refractivity (Wildman–Crippen MR) is 96.5 cm³/mol. The molecule has 0 radical (unpaired) electrons. The second-order valence-corrected chi connectivity index (χ2v) is 7.05. The number of aryl methyl sites for hydroxylation is 1. The van der Waals surface area contributed by atoms with Gasteiger partial charge in [-0.05, 0) is 32.0 Å². The van der Waals surface area contributed by atoms with E-state index >= 15 is 0 Å². The Hall–Kier alpha value is -2.61. The number of ketones is 1. The number of para-hydroxylation sites is 1. The minimum Gasteiger partial charge on any atom is -0.318 e. The zero-order valence-electron chi connectivity index (χ0n) is 14.8. The highest BCUT2D eigenvalue weighted by atomic mass is 32.2. The third kappa shape index (κ3) is 3.44. The largest absolute Gasteiger partial charge is 0.318 e. The van der Waals surface area contributed by atoms with Crippen LogP contribution in [0.4, 0.5) is 22.0 Å². The van der Waals surface area contributed by atoms with E-state index in [2.05, 4.69) is 0 Å². The minimum atomic E-state index is -2.22. The van der Waals surface area contributed by atoms with Crippen molar-refractivity contribution in [1.29, 1.82) is 0 Å². The lowest BCUT2D eigenvalue weighted by Crippen LogP contribution is -2.08. The Morgan fingerprint density at radius 1 is 0.893 bits per heavy atom. The molecular formula is C20H14F5NOS. The third-order valence-electron chi connectivity index (χ3n) is 4.26. The highest BCUT2D eigenvalue weighted by Gasteiger charge is 2.27. The zero-order chi connectivity index (χ0) is 20.6. The molecule has 0 bridgehead atoms. The van der Waals surface area contributed by atoms with Crippen LogP contribution in [0.5, 0.6) is 0 Å². The Balaban J connectivity index is 1.88. The van der Waals surface area contributed by atoms with E-state index in [1.807, 2.05) is 34.9 Å². The normalized spacial score (nSPS) is 11.1. The number of carbonyl (C=O) groups is 1. The molecule has 0 aliphatic heterocycles. The van der Waals surface area contributed by atoms with E-state index < -0.39 is 45.5 Å². The molecule has 0 saturated carbocycles. The minimum absolute atomic E-state index is 0.278. The first-order chi connectivity index (χ1) is 13.2. The van der Waals surface area contributed by atoms with Crippen molar-refractivity contribution in [3.8, 4) is 5.69 Å². The Morgan fingerprint density at radius 3 is 2.00 bits per heavy atom. The first kappa shape index (κ1) is 20.1. The fraction of sp³-hybridized carbons (Fsp3) is 0.150. The van der Waals surface area contributed by atoms with E-state index in [9.17, 15) is 26.7 Å². The van der Waals surface area contributed by atoms with Gasteiger partial charge >= 0.3 is 0 Å². The lowest BCUT2D eigenvalue weighted by molar-refractivity contribution is 0.102. The SMILES string of the molecule is Cc1cc(C(=O)CSc2c(F)c(F)c(F)c(F)c2F)c(C)n1-c1ccccc1. The van der Waals surface area contributed by atoms with Crippen LogP contribution in [-0.4, -0.2) is 16.1 Å². The van der Waals surface area contributed by atoms with Crippen LogP contribution in [0, 0.1) is 42.9 Å². The lowest BCUT2D eigenvalue weighted by atomic mass is 10.2. The van der Waals surface area contributed by atoms with Crippen LogP contribution in [0.3, 0.4) is 0 Å². The van der Waals surface area contributed by atoms with E-state index in [1.165, 1.54) is 0 Å². The van der Waals surface area contributed by atoms with Gasteiger partial charge in [0.1, 0.15) is 0 Å². The van der Waals surface area contributed by atoms with Gasteiger partial charge in [0, 0.05) is 22.6 Å². The molecule has 0 amide bonds. The Morgan fingerprint density at radius 2 is 1.43 bits per heavy atom. The maximum absolute atomic E-state index is 13.8. The Bertz CT molecular complexity index is 1030. The van der Waals surface area contributed by atoms with Crippen molar-refractivity contribution < 1.29 is 26.7 Å². The zero-order valence-corrected chi connectivity index (χ0v) is 15.6. The van der Waals surface area contributed by atoms with Gasteiger partial charge in [-0.2, -0.15) is 0 Å². The standard InChI is InChI=1S/C20H14F5NOS/c1-10-8-13(11(2)26(10)12-6-4-3-5-7-12)14(27)9-28-20-18(24)16(22)15(21)17(23)19(20)25/h3-8H,9H2,1-2H3. The summed E-state index contributed by atoms with van der Waals surface area (Å²) in [6.45, 7) is 3.52. The summed E-state index contributed by atoms with van der Waals surface area (Å²) < 4.78 is 69.1. The van der Waals surface area contributed by atoms with Crippen molar-refractivity contribution in [2.24, 2.45) is 0 Å². The number of benzene rings is 2. The number of nitrogens with zero attached hydrogens (tertiary/aromatic N) is 1. The summed E-state index contributed by atoms with van der Waals surface area (Å²) >= 11 is 0.278. The number of thioether (sulfide) groups is 1. The summed E-state index contributed by atoms with van der Waals surface area (Å²) in [6.07, 6.45) is 0. The molecule has 8 heteroatoms. The van der Waals surface area contributed by atoms with E-state index in [4.69, 9.17) is 0 Å². The fourth-order valence-corrected chi connectivity index (χ4v) is 3.81. The van der Waals surface area contributed by atoms with Crippen molar-refractivity contribution in [3.05, 3.63) is 82.4 Å². The van der Waals surface area contributed by atoms with Gasteiger partial charge in [-0.25, -0.2) is 22.0 Å². The van der Waals surface area contributed by atoms with Crippen LogP contribution < -0.4 is 0 Å². The molecule has 28 heavy (non-hydrogen) atoms. The van der Waals surface area contributed by atoms with E-state index in [0.717, 1.165) is 11.4 Å². The van der Waals surface area contributed by atoms with Gasteiger partial charge in [0.15, 0.2) is 29.1 Å². The molecule has 2 aromatic carbocycles. The van der Waals surface area contributed by atoms with Crippen molar-refractivity contribution >= 4 is 17.5 Å². The van der Waals surface area contributed by atoms with Gasteiger partial charge in [-0.1, -0.05) is 18.2 Å². The molecule has 3 aromatic rings. The summed E-state index contributed by atoms with van der Waals surface area (Å²) in [4.78, 5) is 11.5. The summed E-state index contributed by atoms with van der Waals surface area (Å²) in [5, 5.41) is 0. The molecule has 146 valence electrons. The van der Waals surface area contributed by atoms with Crippen molar-refractivity contribution in [2.45, 2.75) is 18.7 Å². The molecule has 0 spiro atoms. The number of aromatic nitrogens is 1. The van der Waals surface area contributed by atoms with Gasteiger partial charge in [0.05, 0.1) is 10.6 Å². The van der Waals surface area contributed by atoms with E-state index in [-0.39, 0.29) is 11.8 Å². The van der Waals surface area contributed by atoms with Crippen LogP contribution in [0.15, 0.2) is 41.3 Å². The summed E-state index contributed by atoms with van der Waals surface area (Å²) in [7, 11) is 0. The van der Waals surface area contributed by atoms with Crippen LogP contribution in [0.1, 0.15) is 21.7 Å². The number of carbonyl (C=O) groups excluding carboxylic acids is 1. The van der Waals surface area contributed by atoms with Gasteiger partial charge < -0.3 is 4.57 Å². The van der Waals surface area contributed by atoms with Gasteiger partial charge in [0.25, 0.3) is 0 Å². The number of rotatable bonds is 5. The van der Waals surface area contributed by atoms with E-state index in [1.54, 1.807) is 19.9 Å². The van der Waals surface area contributed by atoms with Gasteiger partial charge in [-0.3, -0.25) is 4.79 Å². The first-order valence-corrected chi connectivity index (χ1v) is 9.14. The molecule has 0 saturated heterocycles. The molecule has 2 nitrogen and oxygen atoms in total. The predicted octanol–water partition coefficient (Wildman–Crippen LogP) is 5.76. The summed E-state index contributed by atoms with van der Waals surface area (Å²) in [6, 6.07) is 10.9. The highest BCUT2D eigenvalue weighted by Crippen LogP contribution is 2.32. The molecule has 0 fully saturated rings. The van der Waals surface area contributed by atoms with Gasteiger partial charge in [0.2, 0.25) is 5.82 Å². The smallest absolute Gasteiger partial charge is 0.200 e. The summed E-state index contributed by atoms with van der Waals surface area (Å²) in [5.74, 6) is -11.1. The molecule has 0 N–H and O–H groups in total. The van der Waals surface area contributed by atoms with Crippen LogP contribution in [0.25, 0.3) is 5.69 Å². The van der Waals surface area contributed by atoms with Crippen molar-refractivity contribution in [1.82, 2.24) is 4.57 Å². The Kier molecular flexibility index (Phi) is 5.60. The second kappa shape index (κ2) is 7.79. The topological polar surface area (TPSA) is 22.0 Å². The molecule has 0 aliphatic rings. The number of hydrogen-bond acceptors (Lipinski definition) is 2. The number of hydrogen-bond donors (Lipinski definition) is 0. The average Bonchev–Trinajstić information content (AvgIpc) is 2.99. The Labute approximate surface area is 162 Å². The van der Waals surface area contributed by atoms with Crippen LogP contribution >= 0.6 is 11.8 Å². The first-order valence-electron chi connectivity index (χ1n) is 8.15. The van der Waals surface area contributed by atoms with Crippen LogP contribution in [0.2, 0.25) is 0 Å². The highest BCUT2D eigenvalue weighted by molar-refractivity contribution is 8.00. The van der Waals surface area contributed by atoms with Crippen LogP contribution in [-0.2, 0) is 0 Å². The van der Waals surface area contributed by atoms with Gasteiger partial charge in [-0.15, -0.1) is 11.8 Å². The van der Waals surface area contributed by atoms with Crippen molar-refractivity contribution in [2.75, 3.05) is 5.75 Å².